The van der Waals surface area contributed by atoms with Crippen molar-refractivity contribution in [1.82, 2.24) is 10.2 Å². The average molecular weight is 478 g/mol. The molecule has 1 aliphatic rings. The van der Waals surface area contributed by atoms with Crippen molar-refractivity contribution in [2.75, 3.05) is 27.3 Å². The predicted octanol–water partition coefficient (Wildman–Crippen LogP) is 3.77. The number of carbonyl (C=O) groups excluding carboxylic acids is 3. The molecule has 0 bridgehead atoms. The number of benzene rings is 2. The highest BCUT2D eigenvalue weighted by Crippen LogP contribution is 2.34. The second kappa shape index (κ2) is 10.8. The summed E-state index contributed by atoms with van der Waals surface area (Å²) in [5.41, 5.74) is 0.879. The number of nitrogens with one attached hydrogen (secondary N) is 1. The van der Waals surface area contributed by atoms with Crippen LogP contribution in [0.5, 0.6) is 17.2 Å². The average Bonchev–Trinajstić information content (AvgIpc) is 3.06. The lowest BCUT2D eigenvalue weighted by Gasteiger charge is -2.13. The molecule has 1 aliphatic heterocycles. The summed E-state index contributed by atoms with van der Waals surface area (Å²) in [7, 11) is 3.01. The molecule has 8 nitrogen and oxygen atoms in total. The second-order valence-electron chi connectivity index (χ2n) is 6.61. The maximum atomic E-state index is 12.6. The second-order valence-corrected chi connectivity index (χ2v) is 7.60. The van der Waals surface area contributed by atoms with E-state index in [0.29, 0.717) is 17.1 Å². The normalized spacial score (nSPS) is 14.7. The molecule has 0 saturated carbocycles. The molecule has 1 fully saturated rings. The molecule has 0 unspecified atom stereocenters. The Balaban J connectivity index is 1.58. The number of amides is 3. The number of hydrogen-bond donors (Lipinski definition) is 1. The third-order valence-electron chi connectivity index (χ3n) is 4.54. The largest absolute Gasteiger partial charge is 0.493 e. The van der Waals surface area contributed by atoms with Crippen LogP contribution in [0.1, 0.15) is 15.9 Å². The molecule has 0 atom stereocenters. The molecule has 0 spiro atoms. The third kappa shape index (κ3) is 6.01. The van der Waals surface area contributed by atoms with Crippen LogP contribution in [0.3, 0.4) is 0 Å². The minimum absolute atomic E-state index is 0.0216. The smallest absolute Gasteiger partial charge is 0.387 e. The van der Waals surface area contributed by atoms with Gasteiger partial charge in [-0.05, 0) is 59.8 Å². The molecular weight excluding hydrogens is 458 g/mol. The lowest BCUT2D eigenvalue weighted by molar-refractivity contribution is -0.122. The van der Waals surface area contributed by atoms with Gasteiger partial charge in [-0.15, -0.1) is 0 Å². The molecule has 174 valence electrons. The summed E-state index contributed by atoms with van der Waals surface area (Å²) in [6.07, 6.45) is 1.58. The van der Waals surface area contributed by atoms with Crippen LogP contribution < -0.4 is 19.5 Å². The van der Waals surface area contributed by atoms with Crippen LogP contribution in [0.4, 0.5) is 13.6 Å². The van der Waals surface area contributed by atoms with Gasteiger partial charge in [-0.2, -0.15) is 8.78 Å². The van der Waals surface area contributed by atoms with E-state index < -0.39 is 23.7 Å². The monoisotopic (exact) mass is 478 g/mol. The zero-order valence-corrected chi connectivity index (χ0v) is 18.5. The van der Waals surface area contributed by atoms with Gasteiger partial charge in [0.15, 0.2) is 11.5 Å². The standard InChI is InChI=1S/C22H20F2N2O6S/c1-30-16-8-3-13(11-17(16)31-2)12-18-20(28)26(22(29)33-18)10-9-25-19(27)14-4-6-15(7-5-14)32-21(23)24/h3-8,11-12,21H,9-10H2,1-2H3,(H,25,27). The van der Waals surface area contributed by atoms with Crippen LogP contribution in [0.25, 0.3) is 6.08 Å². The molecule has 0 aliphatic carbocycles. The van der Waals surface area contributed by atoms with Crippen LogP contribution in [0.15, 0.2) is 47.4 Å². The van der Waals surface area contributed by atoms with Gasteiger partial charge in [0, 0.05) is 18.7 Å². The number of thioether (sulfide) groups is 1. The number of imide groups is 1. The van der Waals surface area contributed by atoms with E-state index >= 15 is 0 Å². The van der Waals surface area contributed by atoms with E-state index in [1.54, 1.807) is 24.3 Å². The van der Waals surface area contributed by atoms with Crippen molar-refractivity contribution < 1.29 is 37.4 Å². The Bertz CT molecular complexity index is 1080. The lowest BCUT2D eigenvalue weighted by Crippen LogP contribution is -2.37. The van der Waals surface area contributed by atoms with Crippen LogP contribution in [-0.4, -0.2) is 55.9 Å². The Morgan fingerprint density at radius 2 is 1.79 bits per heavy atom. The maximum Gasteiger partial charge on any atom is 0.387 e. The fourth-order valence-electron chi connectivity index (χ4n) is 2.96. The number of nitrogens with zero attached hydrogens (tertiary/aromatic N) is 1. The number of hydrogen-bond acceptors (Lipinski definition) is 7. The highest BCUT2D eigenvalue weighted by Gasteiger charge is 2.34. The Kier molecular flexibility index (Phi) is 7.88. The van der Waals surface area contributed by atoms with E-state index in [4.69, 9.17) is 9.47 Å². The van der Waals surface area contributed by atoms with Gasteiger partial charge in [0.25, 0.3) is 17.1 Å². The van der Waals surface area contributed by atoms with E-state index in [1.165, 1.54) is 38.5 Å². The zero-order chi connectivity index (χ0) is 24.0. The fourth-order valence-corrected chi connectivity index (χ4v) is 3.82. The summed E-state index contributed by atoms with van der Waals surface area (Å²) in [5.74, 6) is 0.00581. The first-order valence-corrected chi connectivity index (χ1v) is 10.4. The SMILES string of the molecule is COc1ccc(C=C2SC(=O)N(CCNC(=O)c3ccc(OC(F)F)cc3)C2=O)cc1OC. The highest BCUT2D eigenvalue weighted by atomic mass is 32.2. The minimum atomic E-state index is -2.95. The number of halogens is 2. The topological polar surface area (TPSA) is 94.2 Å². The van der Waals surface area contributed by atoms with Crippen molar-refractivity contribution in [2.45, 2.75) is 6.61 Å². The van der Waals surface area contributed by atoms with Gasteiger partial charge in [0.05, 0.1) is 19.1 Å². The first kappa shape index (κ1) is 24.1. The first-order chi connectivity index (χ1) is 15.8. The summed E-state index contributed by atoms with van der Waals surface area (Å²) in [6.45, 7) is -2.95. The molecule has 33 heavy (non-hydrogen) atoms. The number of rotatable bonds is 9. The number of ether oxygens (including phenoxy) is 3. The molecular formula is C22H20F2N2O6S. The van der Waals surface area contributed by atoms with Crippen LogP contribution >= 0.6 is 11.8 Å². The molecule has 1 heterocycles. The fraction of sp³-hybridized carbons (Fsp3) is 0.227. The van der Waals surface area contributed by atoms with Crippen molar-refractivity contribution in [1.29, 1.82) is 0 Å². The number of methoxy groups -OCH3 is 2. The summed E-state index contributed by atoms with van der Waals surface area (Å²) >= 11 is 0.800. The predicted molar refractivity (Wildman–Crippen MR) is 118 cm³/mol. The molecule has 0 aromatic heterocycles. The Morgan fingerprint density at radius 3 is 2.42 bits per heavy atom. The Morgan fingerprint density at radius 1 is 1.09 bits per heavy atom. The van der Waals surface area contributed by atoms with Gasteiger partial charge in [0.1, 0.15) is 5.75 Å². The number of carbonyl (C=O) groups is 3. The van der Waals surface area contributed by atoms with Crippen LogP contribution in [-0.2, 0) is 4.79 Å². The maximum absolute atomic E-state index is 12.6. The summed E-state index contributed by atoms with van der Waals surface area (Å²) in [4.78, 5) is 38.4. The Labute approximate surface area is 192 Å². The molecule has 1 saturated heterocycles. The van der Waals surface area contributed by atoms with Gasteiger partial charge >= 0.3 is 6.61 Å². The summed E-state index contributed by atoms with van der Waals surface area (Å²) < 4.78 is 39.0. The van der Waals surface area contributed by atoms with Gasteiger partial charge in [-0.1, -0.05) is 6.07 Å². The molecule has 3 rings (SSSR count). The van der Waals surface area contributed by atoms with E-state index in [0.717, 1.165) is 16.7 Å². The van der Waals surface area contributed by atoms with Gasteiger partial charge in [-0.25, -0.2) is 0 Å². The van der Waals surface area contributed by atoms with E-state index in [1.807, 2.05) is 0 Å². The molecule has 11 heteroatoms. The molecule has 1 N–H and O–H groups in total. The van der Waals surface area contributed by atoms with Crippen LogP contribution in [0.2, 0.25) is 0 Å². The zero-order valence-electron chi connectivity index (χ0n) is 17.7. The molecule has 3 amide bonds. The first-order valence-electron chi connectivity index (χ1n) is 9.63. The van der Waals surface area contributed by atoms with Crippen molar-refractivity contribution in [2.24, 2.45) is 0 Å². The van der Waals surface area contributed by atoms with E-state index in [9.17, 15) is 23.2 Å². The molecule has 2 aromatic carbocycles. The van der Waals surface area contributed by atoms with Gasteiger partial charge < -0.3 is 19.5 Å². The van der Waals surface area contributed by atoms with Crippen LogP contribution in [0, 0.1) is 0 Å². The Hall–Kier alpha value is -3.60. The quantitative estimate of drug-likeness (QED) is 0.549. The van der Waals surface area contributed by atoms with E-state index in [-0.39, 0.29) is 29.3 Å². The van der Waals surface area contributed by atoms with Crippen molar-refractivity contribution in [3.8, 4) is 17.2 Å². The van der Waals surface area contributed by atoms with E-state index in [2.05, 4.69) is 10.1 Å². The van der Waals surface area contributed by atoms with Crippen molar-refractivity contribution in [3.63, 3.8) is 0 Å². The van der Waals surface area contributed by atoms with Crippen molar-refractivity contribution in [3.05, 3.63) is 58.5 Å². The van der Waals surface area contributed by atoms with Gasteiger partial charge in [0.2, 0.25) is 0 Å². The third-order valence-corrected chi connectivity index (χ3v) is 5.45. The highest BCUT2D eigenvalue weighted by molar-refractivity contribution is 8.18. The summed E-state index contributed by atoms with van der Waals surface area (Å²) in [5, 5.41) is 2.14. The molecule has 2 aromatic rings. The molecule has 0 radical (unpaired) electrons. The lowest BCUT2D eigenvalue weighted by atomic mass is 10.2. The van der Waals surface area contributed by atoms with Crippen molar-refractivity contribution >= 4 is 34.9 Å². The van der Waals surface area contributed by atoms with Gasteiger partial charge in [-0.3, -0.25) is 19.3 Å². The number of alkyl halides is 2. The summed E-state index contributed by atoms with van der Waals surface area (Å²) in [6, 6.07) is 10.3. The minimum Gasteiger partial charge on any atom is -0.493 e.